The second kappa shape index (κ2) is 8.07. The summed E-state index contributed by atoms with van der Waals surface area (Å²) in [5, 5.41) is 5.01. The Balaban J connectivity index is 1.38. The fourth-order valence-electron chi connectivity index (χ4n) is 3.26. The number of thiophene rings is 1. The van der Waals surface area contributed by atoms with E-state index < -0.39 is 0 Å². The highest BCUT2D eigenvalue weighted by Gasteiger charge is 2.22. The summed E-state index contributed by atoms with van der Waals surface area (Å²) in [7, 11) is 0. The predicted molar refractivity (Wildman–Crippen MR) is 99.8 cm³/mol. The number of hydrogen-bond donors (Lipinski definition) is 1. The molecule has 1 N–H and O–H groups in total. The first kappa shape index (κ1) is 17.3. The Labute approximate surface area is 156 Å². The second-order valence-electron chi connectivity index (χ2n) is 6.50. The van der Waals surface area contributed by atoms with Crippen LogP contribution >= 0.6 is 11.3 Å². The highest BCUT2D eigenvalue weighted by molar-refractivity contribution is 7.09. The van der Waals surface area contributed by atoms with E-state index in [1.807, 2.05) is 18.2 Å². The first-order valence-electron chi connectivity index (χ1n) is 8.82. The van der Waals surface area contributed by atoms with Crippen molar-refractivity contribution in [3.63, 3.8) is 0 Å². The maximum absolute atomic E-state index is 12.6. The van der Waals surface area contributed by atoms with Gasteiger partial charge in [0.1, 0.15) is 0 Å². The van der Waals surface area contributed by atoms with E-state index in [9.17, 15) is 4.79 Å². The summed E-state index contributed by atoms with van der Waals surface area (Å²) >= 11 is 1.71. The smallest absolute Gasteiger partial charge is 0.238 e. The molecular weight excluding hydrogens is 352 g/mol. The molecular formula is C19H22N2O4S. The molecule has 1 saturated heterocycles. The lowest BCUT2D eigenvalue weighted by Crippen LogP contribution is -2.37. The molecule has 1 atom stereocenters. The lowest BCUT2D eigenvalue weighted by molar-refractivity contribution is -0.117. The summed E-state index contributed by atoms with van der Waals surface area (Å²) in [4.78, 5) is 16.0. The zero-order chi connectivity index (χ0) is 17.8. The van der Waals surface area contributed by atoms with Gasteiger partial charge < -0.3 is 19.5 Å². The number of nitrogens with zero attached hydrogens (tertiary/aromatic N) is 1. The van der Waals surface area contributed by atoms with Gasteiger partial charge >= 0.3 is 0 Å². The van der Waals surface area contributed by atoms with Crippen LogP contribution < -0.4 is 14.8 Å². The van der Waals surface area contributed by atoms with Crippen LogP contribution in [0.3, 0.4) is 0 Å². The number of nitrogens with one attached hydrogen (secondary N) is 1. The zero-order valence-corrected chi connectivity index (χ0v) is 15.3. The largest absolute Gasteiger partial charge is 0.454 e. The summed E-state index contributed by atoms with van der Waals surface area (Å²) in [5.74, 6) is 1.33. The van der Waals surface area contributed by atoms with Gasteiger partial charge in [0, 0.05) is 36.3 Å². The summed E-state index contributed by atoms with van der Waals surface area (Å²) in [6.07, 6.45) is 2.37. The average molecular weight is 374 g/mol. The van der Waals surface area contributed by atoms with Gasteiger partial charge in [-0.3, -0.25) is 9.69 Å². The molecule has 26 heavy (non-hydrogen) atoms. The Morgan fingerprint density at radius 1 is 1.27 bits per heavy atom. The Morgan fingerprint density at radius 3 is 3.00 bits per heavy atom. The van der Waals surface area contributed by atoms with Crippen LogP contribution in [0.5, 0.6) is 11.5 Å². The standard InChI is InChI=1S/C19H22N2O4S/c22-19(20-14-5-6-17-18(9-14)25-13-24-17)12-21(10-15-3-1-7-23-15)11-16-4-2-8-26-16/h2,4-6,8-9,15H,1,3,7,10-13H2,(H,20,22). The third kappa shape index (κ3) is 4.35. The number of benzene rings is 1. The topological polar surface area (TPSA) is 60.0 Å². The minimum Gasteiger partial charge on any atom is -0.454 e. The van der Waals surface area contributed by atoms with Crippen molar-refractivity contribution in [3.05, 3.63) is 40.6 Å². The van der Waals surface area contributed by atoms with Crippen molar-refractivity contribution in [3.8, 4) is 11.5 Å². The SMILES string of the molecule is O=C(CN(Cc1cccs1)CC1CCCO1)Nc1ccc2c(c1)OCO2. The highest BCUT2D eigenvalue weighted by atomic mass is 32.1. The number of ether oxygens (including phenoxy) is 3. The van der Waals surface area contributed by atoms with Crippen LogP contribution in [0.1, 0.15) is 17.7 Å². The molecule has 2 aliphatic rings. The van der Waals surface area contributed by atoms with E-state index in [4.69, 9.17) is 14.2 Å². The molecule has 1 amide bonds. The van der Waals surface area contributed by atoms with Gasteiger partial charge in [-0.2, -0.15) is 0 Å². The third-order valence-electron chi connectivity index (χ3n) is 4.47. The van der Waals surface area contributed by atoms with Crippen molar-refractivity contribution in [1.29, 1.82) is 0 Å². The molecule has 0 saturated carbocycles. The molecule has 0 aliphatic carbocycles. The van der Waals surface area contributed by atoms with Gasteiger partial charge in [0.15, 0.2) is 11.5 Å². The van der Waals surface area contributed by atoms with E-state index in [-0.39, 0.29) is 18.8 Å². The molecule has 138 valence electrons. The van der Waals surface area contributed by atoms with Crippen molar-refractivity contribution < 1.29 is 19.0 Å². The van der Waals surface area contributed by atoms with Crippen LogP contribution in [-0.2, 0) is 16.1 Å². The van der Waals surface area contributed by atoms with E-state index in [2.05, 4.69) is 21.7 Å². The Bertz CT molecular complexity index is 744. The van der Waals surface area contributed by atoms with E-state index in [1.54, 1.807) is 17.4 Å². The Hall–Kier alpha value is -2.09. The number of rotatable bonds is 7. The Morgan fingerprint density at radius 2 is 2.19 bits per heavy atom. The van der Waals surface area contributed by atoms with Crippen LogP contribution in [0.15, 0.2) is 35.7 Å². The summed E-state index contributed by atoms with van der Waals surface area (Å²) < 4.78 is 16.4. The van der Waals surface area contributed by atoms with Gasteiger partial charge in [-0.15, -0.1) is 11.3 Å². The lowest BCUT2D eigenvalue weighted by Gasteiger charge is -2.24. The van der Waals surface area contributed by atoms with Crippen LogP contribution in [0.25, 0.3) is 0 Å². The van der Waals surface area contributed by atoms with Gasteiger partial charge in [-0.1, -0.05) is 6.07 Å². The van der Waals surface area contributed by atoms with Gasteiger partial charge in [-0.05, 0) is 36.4 Å². The summed E-state index contributed by atoms with van der Waals surface area (Å²) in [5.41, 5.74) is 0.715. The van der Waals surface area contributed by atoms with Gasteiger partial charge in [-0.25, -0.2) is 0 Å². The normalized spacial score (nSPS) is 18.4. The molecule has 7 heteroatoms. The number of carbonyl (C=O) groups is 1. The minimum absolute atomic E-state index is 0.0431. The molecule has 3 heterocycles. The van der Waals surface area contributed by atoms with E-state index >= 15 is 0 Å². The molecule has 2 aliphatic heterocycles. The quantitative estimate of drug-likeness (QED) is 0.807. The van der Waals surface area contributed by atoms with Crippen LogP contribution in [0.4, 0.5) is 5.69 Å². The number of hydrogen-bond acceptors (Lipinski definition) is 6. The molecule has 1 aromatic heterocycles. The van der Waals surface area contributed by atoms with Crippen molar-refractivity contribution in [2.45, 2.75) is 25.5 Å². The van der Waals surface area contributed by atoms with E-state index in [1.165, 1.54) is 4.88 Å². The second-order valence-corrected chi connectivity index (χ2v) is 7.53. The monoisotopic (exact) mass is 374 g/mol. The molecule has 0 spiro atoms. The minimum atomic E-state index is -0.0431. The maximum atomic E-state index is 12.6. The molecule has 1 unspecified atom stereocenters. The zero-order valence-electron chi connectivity index (χ0n) is 14.5. The molecule has 0 radical (unpaired) electrons. The number of amides is 1. The van der Waals surface area contributed by atoms with Crippen molar-refractivity contribution in [2.75, 3.05) is 31.8 Å². The van der Waals surface area contributed by atoms with Crippen molar-refractivity contribution in [2.24, 2.45) is 0 Å². The van der Waals surface area contributed by atoms with Gasteiger partial charge in [0.05, 0.1) is 12.6 Å². The van der Waals surface area contributed by atoms with Crippen molar-refractivity contribution >= 4 is 22.9 Å². The van der Waals surface area contributed by atoms with Gasteiger partial charge in [0.2, 0.25) is 12.7 Å². The molecule has 0 bridgehead atoms. The average Bonchev–Trinajstić information content (AvgIpc) is 3.36. The fourth-order valence-corrected chi connectivity index (χ4v) is 4.01. The molecule has 1 fully saturated rings. The summed E-state index contributed by atoms with van der Waals surface area (Å²) in [6.45, 7) is 2.90. The first-order valence-corrected chi connectivity index (χ1v) is 9.70. The number of carbonyl (C=O) groups excluding carboxylic acids is 1. The molecule has 6 nitrogen and oxygen atoms in total. The molecule has 4 rings (SSSR count). The first-order chi connectivity index (χ1) is 12.8. The number of anilines is 1. The van der Waals surface area contributed by atoms with Gasteiger partial charge in [0.25, 0.3) is 0 Å². The number of fused-ring (bicyclic) bond motifs is 1. The predicted octanol–water partition coefficient (Wildman–Crippen LogP) is 3.10. The van der Waals surface area contributed by atoms with Crippen LogP contribution in [-0.4, -0.2) is 43.4 Å². The van der Waals surface area contributed by atoms with E-state index in [0.29, 0.717) is 23.7 Å². The van der Waals surface area contributed by atoms with Crippen LogP contribution in [0, 0.1) is 0 Å². The fraction of sp³-hybridized carbons (Fsp3) is 0.421. The highest BCUT2D eigenvalue weighted by Crippen LogP contribution is 2.34. The van der Waals surface area contributed by atoms with E-state index in [0.717, 1.165) is 32.5 Å². The third-order valence-corrected chi connectivity index (χ3v) is 5.33. The lowest BCUT2D eigenvalue weighted by atomic mass is 10.2. The van der Waals surface area contributed by atoms with Crippen molar-refractivity contribution in [1.82, 2.24) is 4.90 Å². The summed E-state index contributed by atoms with van der Waals surface area (Å²) in [6, 6.07) is 9.58. The maximum Gasteiger partial charge on any atom is 0.238 e. The molecule has 2 aromatic rings. The molecule has 1 aromatic carbocycles. The van der Waals surface area contributed by atoms with Crippen LogP contribution in [0.2, 0.25) is 0 Å². The Kier molecular flexibility index (Phi) is 5.38.